The number of thioether (sulfide) groups is 1. The van der Waals surface area contributed by atoms with Crippen LogP contribution >= 0.6 is 43.6 Å². The minimum atomic E-state index is -0.288. The molecule has 1 aliphatic heterocycles. The van der Waals surface area contributed by atoms with Crippen molar-refractivity contribution in [1.82, 2.24) is 4.90 Å². The predicted molar refractivity (Wildman–Crippen MR) is 124 cm³/mol. The van der Waals surface area contributed by atoms with E-state index in [9.17, 15) is 9.59 Å². The van der Waals surface area contributed by atoms with Crippen LogP contribution in [0.4, 0.5) is 4.79 Å². The van der Waals surface area contributed by atoms with Crippen LogP contribution in [0.3, 0.4) is 0 Å². The lowest BCUT2D eigenvalue weighted by molar-refractivity contribution is -0.121. The van der Waals surface area contributed by atoms with E-state index in [1.165, 1.54) is 17.8 Å². The van der Waals surface area contributed by atoms with Crippen molar-refractivity contribution in [1.29, 1.82) is 0 Å². The molecule has 0 radical (unpaired) electrons. The third-order valence-corrected chi connectivity index (χ3v) is 6.64. The molecule has 2 amide bonds. The normalized spacial score (nSPS) is 15.6. The fourth-order valence-electron chi connectivity index (χ4n) is 2.98. The number of likely N-dealkylation sites (N-methyl/N-ethyl adjacent to an activating group) is 1. The Morgan fingerprint density at radius 2 is 1.69 bits per heavy atom. The average molecular weight is 533 g/mol. The lowest BCUT2D eigenvalue weighted by Crippen LogP contribution is -2.22. The van der Waals surface area contributed by atoms with Crippen LogP contribution in [0.5, 0.6) is 5.75 Å². The van der Waals surface area contributed by atoms with Gasteiger partial charge in [0.2, 0.25) is 0 Å². The average Bonchev–Trinajstić information content (AvgIpc) is 2.94. The Morgan fingerprint density at radius 3 is 2.34 bits per heavy atom. The van der Waals surface area contributed by atoms with Crippen molar-refractivity contribution in [3.8, 4) is 5.75 Å². The maximum atomic E-state index is 12.1. The van der Waals surface area contributed by atoms with Crippen LogP contribution in [0.1, 0.15) is 11.1 Å². The standard InChI is InChI=1S/C22H15Br2NO3S/c1-25-21(26)19(29-22(25)27)11-14-9-17(23)20(18(24)10-14)28-12-13-6-7-15-4-2-3-5-16(15)8-13/h2-11H,12H2,1H3/b19-11-. The zero-order valence-corrected chi connectivity index (χ0v) is 19.3. The summed E-state index contributed by atoms with van der Waals surface area (Å²) in [5, 5.41) is 2.10. The third-order valence-electron chi connectivity index (χ3n) is 4.50. The smallest absolute Gasteiger partial charge is 0.293 e. The minimum Gasteiger partial charge on any atom is -0.487 e. The van der Waals surface area contributed by atoms with Gasteiger partial charge < -0.3 is 4.74 Å². The largest absolute Gasteiger partial charge is 0.487 e. The Labute approximate surface area is 189 Å². The Balaban J connectivity index is 1.54. The summed E-state index contributed by atoms with van der Waals surface area (Å²) in [6.07, 6.45) is 1.71. The van der Waals surface area contributed by atoms with Gasteiger partial charge in [0, 0.05) is 7.05 Å². The maximum Gasteiger partial charge on any atom is 0.293 e. The topological polar surface area (TPSA) is 46.6 Å². The highest BCUT2D eigenvalue weighted by Crippen LogP contribution is 2.38. The van der Waals surface area contributed by atoms with Gasteiger partial charge in [0.05, 0.1) is 13.9 Å². The van der Waals surface area contributed by atoms with Crippen molar-refractivity contribution in [2.75, 3.05) is 7.05 Å². The summed E-state index contributed by atoms with van der Waals surface area (Å²) in [5.41, 5.74) is 1.86. The van der Waals surface area contributed by atoms with E-state index in [2.05, 4.69) is 62.2 Å². The van der Waals surface area contributed by atoms with Gasteiger partial charge in [-0.3, -0.25) is 14.5 Å². The molecule has 0 saturated carbocycles. The molecule has 146 valence electrons. The molecule has 1 aliphatic rings. The zero-order chi connectivity index (χ0) is 20.5. The van der Waals surface area contributed by atoms with Gasteiger partial charge in [-0.05, 0) is 89.8 Å². The number of fused-ring (bicyclic) bond motifs is 1. The second kappa shape index (κ2) is 8.34. The molecule has 0 bridgehead atoms. The lowest BCUT2D eigenvalue weighted by Gasteiger charge is -2.12. The lowest BCUT2D eigenvalue weighted by atomic mass is 10.1. The molecular weight excluding hydrogens is 518 g/mol. The molecule has 1 saturated heterocycles. The van der Waals surface area contributed by atoms with Crippen molar-refractivity contribution >= 4 is 71.6 Å². The molecule has 0 atom stereocenters. The first-order valence-corrected chi connectivity index (χ1v) is 11.1. The second-order valence-corrected chi connectivity index (χ2v) is 9.23. The molecule has 4 rings (SSSR count). The van der Waals surface area contributed by atoms with Gasteiger partial charge in [0.1, 0.15) is 12.4 Å². The Kier molecular flexibility index (Phi) is 5.81. The number of benzene rings is 3. The molecule has 3 aromatic rings. The van der Waals surface area contributed by atoms with E-state index in [1.807, 2.05) is 24.3 Å². The first-order chi connectivity index (χ1) is 13.9. The Hall–Kier alpha value is -2.09. The first kappa shape index (κ1) is 20.2. The number of amides is 2. The molecule has 0 unspecified atom stereocenters. The number of carbonyl (C=O) groups is 2. The van der Waals surface area contributed by atoms with Gasteiger partial charge in [-0.2, -0.15) is 0 Å². The summed E-state index contributed by atoms with van der Waals surface area (Å²) in [6, 6.07) is 18.2. The summed E-state index contributed by atoms with van der Waals surface area (Å²) >= 11 is 8.03. The zero-order valence-electron chi connectivity index (χ0n) is 15.3. The van der Waals surface area contributed by atoms with Gasteiger partial charge >= 0.3 is 0 Å². The number of rotatable bonds is 4. The van der Waals surface area contributed by atoms with Gasteiger partial charge in [0.15, 0.2) is 0 Å². The Morgan fingerprint density at radius 1 is 1.00 bits per heavy atom. The molecule has 0 N–H and O–H groups in total. The molecule has 0 spiro atoms. The van der Waals surface area contributed by atoms with E-state index < -0.39 is 0 Å². The van der Waals surface area contributed by atoms with E-state index in [0.29, 0.717) is 17.3 Å². The van der Waals surface area contributed by atoms with Crippen molar-refractivity contribution in [3.05, 3.63) is 79.6 Å². The summed E-state index contributed by atoms with van der Waals surface area (Å²) in [4.78, 5) is 25.3. The highest BCUT2D eigenvalue weighted by Gasteiger charge is 2.31. The van der Waals surface area contributed by atoms with Gasteiger partial charge in [-0.25, -0.2) is 0 Å². The van der Waals surface area contributed by atoms with Crippen LogP contribution in [0.2, 0.25) is 0 Å². The predicted octanol–water partition coefficient (Wildman–Crippen LogP) is 6.61. The summed E-state index contributed by atoms with van der Waals surface area (Å²) in [6.45, 7) is 0.427. The molecule has 1 fully saturated rings. The van der Waals surface area contributed by atoms with E-state index in [1.54, 1.807) is 6.08 Å². The van der Waals surface area contributed by atoms with E-state index >= 15 is 0 Å². The SMILES string of the molecule is CN1C(=O)S/C(=C\c2cc(Br)c(OCc3ccc4ccccc4c3)c(Br)c2)C1=O. The maximum absolute atomic E-state index is 12.1. The number of ether oxygens (including phenoxy) is 1. The van der Waals surface area contributed by atoms with Gasteiger partial charge in [0.25, 0.3) is 11.1 Å². The van der Waals surface area contributed by atoms with Crippen molar-refractivity contribution < 1.29 is 14.3 Å². The first-order valence-electron chi connectivity index (χ1n) is 8.73. The molecule has 7 heteroatoms. The monoisotopic (exact) mass is 531 g/mol. The number of carbonyl (C=O) groups excluding carboxylic acids is 2. The summed E-state index contributed by atoms with van der Waals surface area (Å²) < 4.78 is 7.55. The van der Waals surface area contributed by atoms with E-state index in [0.717, 1.165) is 36.7 Å². The van der Waals surface area contributed by atoms with Crippen LogP contribution in [0.25, 0.3) is 16.8 Å². The van der Waals surface area contributed by atoms with Crippen LogP contribution in [-0.2, 0) is 11.4 Å². The number of imide groups is 1. The number of hydrogen-bond donors (Lipinski definition) is 0. The molecule has 4 nitrogen and oxygen atoms in total. The van der Waals surface area contributed by atoms with Crippen LogP contribution < -0.4 is 4.74 Å². The number of halogens is 2. The third kappa shape index (κ3) is 4.27. The van der Waals surface area contributed by atoms with Crippen LogP contribution in [0, 0.1) is 0 Å². The molecule has 29 heavy (non-hydrogen) atoms. The van der Waals surface area contributed by atoms with Gasteiger partial charge in [-0.1, -0.05) is 36.4 Å². The number of nitrogens with zero attached hydrogens (tertiary/aromatic N) is 1. The summed E-state index contributed by atoms with van der Waals surface area (Å²) in [5.74, 6) is 0.391. The van der Waals surface area contributed by atoms with Crippen molar-refractivity contribution in [2.45, 2.75) is 6.61 Å². The molecule has 0 aliphatic carbocycles. The molecule has 3 aromatic carbocycles. The van der Waals surface area contributed by atoms with Gasteiger partial charge in [-0.15, -0.1) is 0 Å². The van der Waals surface area contributed by atoms with Crippen LogP contribution in [0.15, 0.2) is 68.4 Å². The highest BCUT2D eigenvalue weighted by molar-refractivity contribution is 9.11. The Bertz CT molecular complexity index is 1150. The van der Waals surface area contributed by atoms with E-state index in [-0.39, 0.29) is 11.1 Å². The van der Waals surface area contributed by atoms with Crippen LogP contribution in [-0.4, -0.2) is 23.1 Å². The van der Waals surface area contributed by atoms with E-state index in [4.69, 9.17) is 4.74 Å². The second-order valence-electron chi connectivity index (χ2n) is 6.52. The highest BCUT2D eigenvalue weighted by atomic mass is 79.9. The van der Waals surface area contributed by atoms with Crippen molar-refractivity contribution in [3.63, 3.8) is 0 Å². The quantitative estimate of drug-likeness (QED) is 0.355. The summed E-state index contributed by atoms with van der Waals surface area (Å²) in [7, 11) is 1.48. The fourth-order valence-corrected chi connectivity index (χ4v) is 5.26. The molecule has 0 aromatic heterocycles. The fraction of sp³-hybridized carbons (Fsp3) is 0.0909. The molecular formula is C22H15Br2NO3S. The van der Waals surface area contributed by atoms with Crippen molar-refractivity contribution in [2.24, 2.45) is 0 Å². The number of hydrogen-bond acceptors (Lipinski definition) is 4. The molecule has 1 heterocycles. The minimum absolute atomic E-state index is 0.269.